The number of benzene rings is 1. The fraction of sp³-hybridized carbons (Fsp3) is 0.389. The van der Waals surface area contributed by atoms with Gasteiger partial charge in [0, 0.05) is 11.7 Å². The van der Waals surface area contributed by atoms with Gasteiger partial charge in [-0.1, -0.05) is 0 Å². The highest BCUT2D eigenvalue weighted by Crippen LogP contribution is 2.38. The predicted octanol–water partition coefficient (Wildman–Crippen LogP) is 3.61. The van der Waals surface area contributed by atoms with Crippen LogP contribution in [-0.4, -0.2) is 19.1 Å². The topological polar surface area (TPSA) is 68.7 Å². The van der Waals surface area contributed by atoms with E-state index in [1.807, 2.05) is 29.2 Å². The second kappa shape index (κ2) is 7.73. The maximum Gasteiger partial charge on any atom is 0.261 e. The number of carbonyl (C=O) groups is 1. The SMILES string of the molecule is COc1ccc(N(C(=O)c2coc(CN)c2)C(C)C2CC2)cc1.Cl. The van der Waals surface area contributed by atoms with Crippen molar-refractivity contribution < 1.29 is 13.9 Å². The molecule has 2 N–H and O–H groups in total. The minimum Gasteiger partial charge on any atom is -0.497 e. The number of furan rings is 1. The molecule has 0 radical (unpaired) electrons. The van der Waals surface area contributed by atoms with E-state index < -0.39 is 0 Å². The molecule has 1 aromatic heterocycles. The van der Waals surface area contributed by atoms with Gasteiger partial charge >= 0.3 is 0 Å². The molecule has 1 saturated carbocycles. The van der Waals surface area contributed by atoms with Crippen LogP contribution in [0.15, 0.2) is 41.0 Å². The molecule has 130 valence electrons. The Labute approximate surface area is 148 Å². The van der Waals surface area contributed by atoms with Crippen molar-refractivity contribution in [1.29, 1.82) is 0 Å². The standard InChI is InChI=1S/C18H22N2O3.ClH/c1-12(13-3-4-13)20(15-5-7-16(22-2)8-6-15)18(21)14-9-17(10-19)23-11-14;/h5-9,11-13H,3-4,10,19H2,1-2H3;1H. The lowest BCUT2D eigenvalue weighted by Gasteiger charge is -2.29. The first-order valence-corrected chi connectivity index (χ1v) is 7.89. The van der Waals surface area contributed by atoms with Crippen LogP contribution in [0.4, 0.5) is 5.69 Å². The van der Waals surface area contributed by atoms with E-state index in [1.165, 1.54) is 19.1 Å². The van der Waals surface area contributed by atoms with Gasteiger partial charge in [0.05, 0.1) is 19.2 Å². The van der Waals surface area contributed by atoms with Crippen molar-refractivity contribution in [2.24, 2.45) is 11.7 Å². The van der Waals surface area contributed by atoms with Crippen molar-refractivity contribution in [3.63, 3.8) is 0 Å². The first kappa shape index (κ1) is 18.4. The van der Waals surface area contributed by atoms with Crippen LogP contribution < -0.4 is 15.4 Å². The molecule has 1 amide bonds. The van der Waals surface area contributed by atoms with Crippen LogP contribution in [0.1, 0.15) is 35.9 Å². The summed E-state index contributed by atoms with van der Waals surface area (Å²) in [6.45, 7) is 2.39. The smallest absolute Gasteiger partial charge is 0.261 e. The number of anilines is 1. The summed E-state index contributed by atoms with van der Waals surface area (Å²) in [5, 5.41) is 0. The molecule has 0 bridgehead atoms. The fourth-order valence-electron chi connectivity index (χ4n) is 2.81. The molecule has 0 aliphatic heterocycles. The van der Waals surface area contributed by atoms with E-state index in [9.17, 15) is 4.79 Å². The van der Waals surface area contributed by atoms with Gasteiger partial charge in [-0.05, 0) is 56.0 Å². The Hall–Kier alpha value is -1.98. The van der Waals surface area contributed by atoms with E-state index in [0.29, 0.717) is 17.2 Å². The first-order valence-electron chi connectivity index (χ1n) is 7.89. The average molecular weight is 351 g/mol. The summed E-state index contributed by atoms with van der Waals surface area (Å²) in [6, 6.07) is 9.44. The lowest BCUT2D eigenvalue weighted by Crippen LogP contribution is -2.40. The number of methoxy groups -OCH3 is 1. The predicted molar refractivity (Wildman–Crippen MR) is 95.8 cm³/mol. The monoisotopic (exact) mass is 350 g/mol. The lowest BCUT2D eigenvalue weighted by atomic mass is 10.1. The summed E-state index contributed by atoms with van der Waals surface area (Å²) in [4.78, 5) is 14.8. The van der Waals surface area contributed by atoms with Crippen LogP contribution in [0.25, 0.3) is 0 Å². The van der Waals surface area contributed by atoms with Crippen molar-refractivity contribution in [3.05, 3.63) is 47.9 Å². The quantitative estimate of drug-likeness (QED) is 0.864. The Balaban J connectivity index is 0.00000208. The fourth-order valence-corrected chi connectivity index (χ4v) is 2.81. The lowest BCUT2D eigenvalue weighted by molar-refractivity contribution is 0.0975. The van der Waals surface area contributed by atoms with Gasteiger partial charge in [-0.15, -0.1) is 12.4 Å². The van der Waals surface area contributed by atoms with E-state index in [4.69, 9.17) is 14.9 Å². The maximum absolute atomic E-state index is 13.0. The van der Waals surface area contributed by atoms with E-state index in [0.717, 1.165) is 11.4 Å². The summed E-state index contributed by atoms with van der Waals surface area (Å²) < 4.78 is 10.5. The molecule has 1 heterocycles. The molecule has 24 heavy (non-hydrogen) atoms. The van der Waals surface area contributed by atoms with Crippen LogP contribution in [0, 0.1) is 5.92 Å². The van der Waals surface area contributed by atoms with Gasteiger partial charge in [0.25, 0.3) is 5.91 Å². The molecule has 5 nitrogen and oxygen atoms in total. The Morgan fingerprint density at radius 1 is 1.38 bits per heavy atom. The molecule has 0 spiro atoms. The Morgan fingerprint density at radius 2 is 2.04 bits per heavy atom. The molecule has 0 saturated heterocycles. The Morgan fingerprint density at radius 3 is 2.54 bits per heavy atom. The number of hydrogen-bond acceptors (Lipinski definition) is 4. The van der Waals surface area contributed by atoms with Crippen LogP contribution in [0.5, 0.6) is 5.75 Å². The number of carbonyl (C=O) groups excluding carboxylic acids is 1. The van der Waals surface area contributed by atoms with Crippen LogP contribution >= 0.6 is 12.4 Å². The van der Waals surface area contributed by atoms with Crippen molar-refractivity contribution in [2.45, 2.75) is 32.4 Å². The molecule has 2 aromatic rings. The molecule has 1 aliphatic carbocycles. The molecular weight excluding hydrogens is 328 g/mol. The third-order valence-electron chi connectivity index (χ3n) is 4.38. The van der Waals surface area contributed by atoms with Gasteiger partial charge in [-0.25, -0.2) is 0 Å². The largest absolute Gasteiger partial charge is 0.497 e. The highest BCUT2D eigenvalue weighted by molar-refractivity contribution is 6.06. The van der Waals surface area contributed by atoms with Crippen molar-refractivity contribution in [2.75, 3.05) is 12.0 Å². The van der Waals surface area contributed by atoms with E-state index >= 15 is 0 Å². The van der Waals surface area contributed by atoms with Crippen molar-refractivity contribution in [1.82, 2.24) is 0 Å². The molecule has 1 unspecified atom stereocenters. The van der Waals surface area contributed by atoms with Crippen LogP contribution in [0.2, 0.25) is 0 Å². The third kappa shape index (κ3) is 3.74. The van der Waals surface area contributed by atoms with E-state index in [-0.39, 0.29) is 30.9 Å². The highest BCUT2D eigenvalue weighted by atomic mass is 35.5. The van der Waals surface area contributed by atoms with Crippen LogP contribution in [0.3, 0.4) is 0 Å². The van der Waals surface area contributed by atoms with E-state index in [2.05, 4.69) is 6.92 Å². The molecule has 1 atom stereocenters. The highest BCUT2D eigenvalue weighted by Gasteiger charge is 2.35. The second-order valence-electron chi connectivity index (χ2n) is 5.96. The molecule has 1 fully saturated rings. The third-order valence-corrected chi connectivity index (χ3v) is 4.38. The Bertz CT molecular complexity index is 680. The van der Waals surface area contributed by atoms with Gasteiger partial charge in [0.15, 0.2) is 0 Å². The average Bonchev–Trinajstić information content (AvgIpc) is 3.32. The molecule has 6 heteroatoms. The van der Waals surface area contributed by atoms with Gasteiger partial charge in [-0.2, -0.15) is 0 Å². The zero-order valence-electron chi connectivity index (χ0n) is 13.9. The summed E-state index contributed by atoms with van der Waals surface area (Å²) in [6.07, 6.45) is 3.82. The summed E-state index contributed by atoms with van der Waals surface area (Å²) in [5.41, 5.74) is 6.97. The number of halogens is 1. The number of nitrogens with two attached hydrogens (primary N) is 1. The summed E-state index contributed by atoms with van der Waals surface area (Å²) >= 11 is 0. The molecule has 3 rings (SSSR count). The van der Waals surface area contributed by atoms with Crippen molar-refractivity contribution >= 4 is 24.0 Å². The Kier molecular flexibility index (Phi) is 5.91. The van der Waals surface area contributed by atoms with Gasteiger partial charge in [0.1, 0.15) is 17.8 Å². The minimum absolute atomic E-state index is 0. The van der Waals surface area contributed by atoms with Gasteiger partial charge in [0.2, 0.25) is 0 Å². The zero-order chi connectivity index (χ0) is 16.4. The van der Waals surface area contributed by atoms with Gasteiger partial charge in [-0.3, -0.25) is 4.79 Å². The number of amides is 1. The number of hydrogen-bond donors (Lipinski definition) is 1. The van der Waals surface area contributed by atoms with Crippen molar-refractivity contribution in [3.8, 4) is 5.75 Å². The number of nitrogens with zero attached hydrogens (tertiary/aromatic N) is 1. The second-order valence-corrected chi connectivity index (χ2v) is 5.96. The van der Waals surface area contributed by atoms with Gasteiger partial charge < -0.3 is 19.8 Å². The molecule has 1 aromatic carbocycles. The summed E-state index contributed by atoms with van der Waals surface area (Å²) in [5.74, 6) is 1.89. The number of ether oxygens (including phenoxy) is 1. The minimum atomic E-state index is -0.0574. The van der Waals surface area contributed by atoms with E-state index in [1.54, 1.807) is 13.2 Å². The zero-order valence-corrected chi connectivity index (χ0v) is 14.7. The van der Waals surface area contributed by atoms with Crippen LogP contribution in [-0.2, 0) is 6.54 Å². The molecular formula is C18H23ClN2O3. The summed E-state index contributed by atoms with van der Waals surface area (Å²) in [7, 11) is 1.63. The first-order chi connectivity index (χ1) is 11.1. The number of rotatable bonds is 6. The molecule has 1 aliphatic rings. The normalized spacial score (nSPS) is 14.6. The maximum atomic E-state index is 13.0.